The fraction of sp³-hybridized carbons (Fsp3) is 0. The molecule has 0 saturated carbocycles. The monoisotopic (exact) mass is 334 g/mol. The van der Waals surface area contributed by atoms with E-state index in [-0.39, 0.29) is 5.69 Å². The van der Waals surface area contributed by atoms with Crippen molar-refractivity contribution in [2.24, 2.45) is 10.2 Å². The fourth-order valence-corrected chi connectivity index (χ4v) is 2.49. The Kier molecular flexibility index (Phi) is 3.83. The molecular weight excluding hydrogens is 327 g/mol. The number of fused-ring (bicyclic) bond motifs is 1. The maximum Gasteiger partial charge on any atom is 0.367 e. The molecule has 0 fully saturated rings. The van der Waals surface area contributed by atoms with Gasteiger partial charge in [-0.2, -0.15) is 5.11 Å². The van der Waals surface area contributed by atoms with Crippen molar-refractivity contribution in [1.82, 2.24) is 0 Å². The Morgan fingerprint density at radius 2 is 1.59 bits per heavy atom. The van der Waals surface area contributed by atoms with Gasteiger partial charge in [0.25, 0.3) is 5.95 Å². The van der Waals surface area contributed by atoms with Crippen LogP contribution in [0.15, 0.2) is 61.9 Å². The van der Waals surface area contributed by atoms with Crippen LogP contribution >= 0.6 is 23.2 Å². The number of aromatic hydroxyl groups is 1. The van der Waals surface area contributed by atoms with Gasteiger partial charge < -0.3 is 9.52 Å². The molecule has 1 N–H and O–H groups in total. The van der Waals surface area contributed by atoms with E-state index in [1.54, 1.807) is 42.5 Å². The number of hydrogen-bond donors (Lipinski definition) is 1. The summed E-state index contributed by atoms with van der Waals surface area (Å²) >= 11 is 11.8. The van der Waals surface area contributed by atoms with Crippen molar-refractivity contribution in [3.8, 4) is 5.95 Å². The Bertz CT molecular complexity index is 931. The van der Waals surface area contributed by atoms with Crippen molar-refractivity contribution < 1.29 is 9.52 Å². The third-order valence-electron chi connectivity index (χ3n) is 2.91. The topological polar surface area (TPSA) is 75.2 Å². The predicted molar refractivity (Wildman–Crippen MR) is 84.8 cm³/mol. The van der Waals surface area contributed by atoms with Crippen molar-refractivity contribution in [2.75, 3.05) is 0 Å². The highest BCUT2D eigenvalue weighted by molar-refractivity contribution is 6.35. The minimum atomic E-state index is -0.784. The van der Waals surface area contributed by atoms with Crippen molar-refractivity contribution >= 4 is 45.3 Å². The summed E-state index contributed by atoms with van der Waals surface area (Å²) in [7, 11) is 0. The van der Waals surface area contributed by atoms with Crippen LogP contribution in [0.4, 0.5) is 11.4 Å². The summed E-state index contributed by atoms with van der Waals surface area (Å²) in [6.07, 6.45) is 0. The van der Waals surface area contributed by atoms with E-state index in [1.165, 1.54) is 0 Å². The average molecular weight is 335 g/mol. The standard InChI is InChI=1S/C15H8Cl2N2O3/c16-8-5-9(17)7-10(6-8)18-19-13-11-3-1-2-4-12(11)14(20)22-15(13)21/h1-7,20H. The molecule has 5 nitrogen and oxygen atoms in total. The van der Waals surface area contributed by atoms with Crippen molar-refractivity contribution in [3.05, 3.63) is 62.9 Å². The number of rotatable bonds is 2. The van der Waals surface area contributed by atoms with Crippen LogP contribution in [0.3, 0.4) is 0 Å². The first kappa shape index (κ1) is 14.6. The lowest BCUT2D eigenvalue weighted by molar-refractivity contribution is 0.318. The summed E-state index contributed by atoms with van der Waals surface area (Å²) in [5.41, 5.74) is -0.397. The summed E-state index contributed by atoms with van der Waals surface area (Å²) in [5.74, 6) is -0.453. The quantitative estimate of drug-likeness (QED) is 0.652. The Hall–Kier alpha value is -2.37. The van der Waals surface area contributed by atoms with E-state index in [0.29, 0.717) is 26.5 Å². The highest BCUT2D eigenvalue weighted by atomic mass is 35.5. The van der Waals surface area contributed by atoms with Crippen LogP contribution in [0, 0.1) is 0 Å². The number of benzene rings is 2. The minimum absolute atomic E-state index is 0.00972. The maximum absolute atomic E-state index is 11.9. The van der Waals surface area contributed by atoms with Gasteiger partial charge in [-0.1, -0.05) is 41.4 Å². The van der Waals surface area contributed by atoms with E-state index in [9.17, 15) is 9.90 Å². The van der Waals surface area contributed by atoms with Gasteiger partial charge in [-0.3, -0.25) is 0 Å². The largest absolute Gasteiger partial charge is 0.480 e. The van der Waals surface area contributed by atoms with Crippen LogP contribution in [0.1, 0.15) is 0 Å². The van der Waals surface area contributed by atoms with Gasteiger partial charge in [0.2, 0.25) is 0 Å². The Morgan fingerprint density at radius 3 is 2.27 bits per heavy atom. The molecule has 1 heterocycles. The first-order valence-corrected chi connectivity index (χ1v) is 6.93. The molecule has 3 rings (SSSR count). The van der Waals surface area contributed by atoms with Crippen LogP contribution in [-0.4, -0.2) is 5.11 Å². The Morgan fingerprint density at radius 1 is 0.955 bits per heavy atom. The molecule has 0 radical (unpaired) electrons. The lowest BCUT2D eigenvalue weighted by atomic mass is 10.1. The number of hydrogen-bond acceptors (Lipinski definition) is 5. The maximum atomic E-state index is 11.9. The molecule has 22 heavy (non-hydrogen) atoms. The van der Waals surface area contributed by atoms with Gasteiger partial charge in [0.15, 0.2) is 5.69 Å². The highest BCUT2D eigenvalue weighted by Gasteiger charge is 2.12. The van der Waals surface area contributed by atoms with Gasteiger partial charge in [0.1, 0.15) is 0 Å². The molecule has 0 atom stereocenters. The molecule has 0 aliphatic heterocycles. The van der Waals surface area contributed by atoms with E-state index in [2.05, 4.69) is 10.2 Å². The van der Waals surface area contributed by atoms with Gasteiger partial charge in [-0.15, -0.1) is 5.11 Å². The molecule has 0 aliphatic carbocycles. The zero-order chi connectivity index (χ0) is 15.7. The van der Waals surface area contributed by atoms with Crippen molar-refractivity contribution in [1.29, 1.82) is 0 Å². The zero-order valence-corrected chi connectivity index (χ0v) is 12.5. The molecule has 0 aliphatic rings. The lowest BCUT2D eigenvalue weighted by Crippen LogP contribution is -1.98. The van der Waals surface area contributed by atoms with E-state index >= 15 is 0 Å². The summed E-state index contributed by atoms with van der Waals surface area (Å²) < 4.78 is 4.75. The van der Waals surface area contributed by atoms with Gasteiger partial charge in [-0.25, -0.2) is 4.79 Å². The molecule has 0 spiro atoms. The first-order chi connectivity index (χ1) is 10.5. The number of halogens is 2. The van der Waals surface area contributed by atoms with E-state index < -0.39 is 11.6 Å². The summed E-state index contributed by atoms with van der Waals surface area (Å²) in [6, 6.07) is 11.4. The summed E-state index contributed by atoms with van der Waals surface area (Å²) in [5, 5.41) is 19.2. The van der Waals surface area contributed by atoms with Crippen LogP contribution in [-0.2, 0) is 0 Å². The molecular formula is C15H8Cl2N2O3. The SMILES string of the molecule is O=c1oc(O)c2ccccc2c1N=Nc1cc(Cl)cc(Cl)c1. The van der Waals surface area contributed by atoms with Gasteiger partial charge >= 0.3 is 5.63 Å². The summed E-state index contributed by atoms with van der Waals surface area (Å²) in [4.78, 5) is 11.9. The molecule has 7 heteroatoms. The second-order valence-electron chi connectivity index (χ2n) is 4.42. The predicted octanol–water partition coefficient (Wildman–Crippen LogP) is 5.22. The highest BCUT2D eigenvalue weighted by Crippen LogP contribution is 2.31. The van der Waals surface area contributed by atoms with E-state index in [1.807, 2.05) is 0 Å². The third kappa shape index (κ3) is 2.81. The van der Waals surface area contributed by atoms with Gasteiger partial charge in [0.05, 0.1) is 11.1 Å². The third-order valence-corrected chi connectivity index (χ3v) is 3.34. The lowest BCUT2D eigenvalue weighted by Gasteiger charge is -2.01. The second-order valence-corrected chi connectivity index (χ2v) is 5.29. The van der Waals surface area contributed by atoms with E-state index in [4.69, 9.17) is 27.6 Å². The van der Waals surface area contributed by atoms with Crippen LogP contribution in [0.5, 0.6) is 5.95 Å². The molecule has 0 unspecified atom stereocenters. The molecule has 0 bridgehead atoms. The Balaban J connectivity index is 2.15. The zero-order valence-electron chi connectivity index (χ0n) is 11.0. The minimum Gasteiger partial charge on any atom is -0.480 e. The molecule has 2 aromatic carbocycles. The molecule has 3 aromatic rings. The Labute approximate surface area is 134 Å². The van der Waals surface area contributed by atoms with Crippen molar-refractivity contribution in [2.45, 2.75) is 0 Å². The van der Waals surface area contributed by atoms with Crippen LogP contribution in [0.2, 0.25) is 10.0 Å². The van der Waals surface area contributed by atoms with E-state index in [0.717, 1.165) is 0 Å². The molecule has 0 saturated heterocycles. The smallest absolute Gasteiger partial charge is 0.367 e. The van der Waals surface area contributed by atoms with Gasteiger partial charge in [0, 0.05) is 15.4 Å². The second kappa shape index (κ2) is 5.79. The normalized spacial score (nSPS) is 11.4. The molecule has 0 amide bonds. The average Bonchev–Trinajstić information content (AvgIpc) is 2.46. The van der Waals surface area contributed by atoms with Crippen LogP contribution in [0.25, 0.3) is 10.8 Å². The van der Waals surface area contributed by atoms with Crippen LogP contribution < -0.4 is 5.63 Å². The van der Waals surface area contributed by atoms with Crippen molar-refractivity contribution in [3.63, 3.8) is 0 Å². The summed E-state index contributed by atoms with van der Waals surface area (Å²) in [6.45, 7) is 0. The van der Waals surface area contributed by atoms with Gasteiger partial charge in [-0.05, 0) is 24.3 Å². The number of azo groups is 1. The fourth-order valence-electron chi connectivity index (χ4n) is 1.98. The first-order valence-electron chi connectivity index (χ1n) is 6.17. The molecule has 1 aromatic heterocycles. The molecule has 110 valence electrons. The number of nitrogens with zero attached hydrogens (tertiary/aromatic N) is 2.